The number of rotatable bonds is 1. The van der Waals surface area contributed by atoms with E-state index in [1.165, 1.54) is 0 Å². The second-order valence-corrected chi connectivity index (χ2v) is 3.56. The highest BCUT2D eigenvalue weighted by atomic mass is 16.3. The van der Waals surface area contributed by atoms with Crippen LogP contribution in [0.5, 0.6) is 0 Å². The summed E-state index contributed by atoms with van der Waals surface area (Å²) in [5, 5.41) is 27.4. The van der Waals surface area contributed by atoms with Gasteiger partial charge in [0.15, 0.2) is 0 Å². The second-order valence-electron chi connectivity index (χ2n) is 3.56. The van der Waals surface area contributed by atoms with Crippen LogP contribution in [0.25, 0.3) is 0 Å². The van der Waals surface area contributed by atoms with Crippen molar-refractivity contribution in [1.82, 2.24) is 0 Å². The third-order valence-electron chi connectivity index (χ3n) is 2.52. The zero-order valence-electron chi connectivity index (χ0n) is 6.77. The zero-order valence-corrected chi connectivity index (χ0v) is 6.77. The van der Waals surface area contributed by atoms with Crippen LogP contribution in [0.15, 0.2) is 0 Å². The van der Waals surface area contributed by atoms with Gasteiger partial charge in [-0.2, -0.15) is 0 Å². The van der Waals surface area contributed by atoms with Crippen LogP contribution < -0.4 is 0 Å². The molecule has 0 bridgehead atoms. The van der Waals surface area contributed by atoms with Gasteiger partial charge in [-0.3, -0.25) is 0 Å². The second kappa shape index (κ2) is 3.52. The Labute approximate surface area is 66.7 Å². The van der Waals surface area contributed by atoms with Crippen LogP contribution in [-0.2, 0) is 0 Å². The fraction of sp³-hybridized carbons (Fsp3) is 1.00. The predicted octanol–water partition coefficient (Wildman–Crippen LogP) is -0.253. The summed E-state index contributed by atoms with van der Waals surface area (Å²) in [7, 11) is 0. The fourth-order valence-corrected chi connectivity index (χ4v) is 1.77. The van der Waals surface area contributed by atoms with Crippen molar-refractivity contribution in [3.63, 3.8) is 0 Å². The molecule has 1 rings (SSSR count). The van der Waals surface area contributed by atoms with Crippen LogP contribution in [0.3, 0.4) is 0 Å². The first-order valence-corrected chi connectivity index (χ1v) is 4.12. The molecule has 0 unspecified atom stereocenters. The normalized spacial score (nSPS) is 45.8. The molecular weight excluding hydrogens is 144 g/mol. The summed E-state index contributed by atoms with van der Waals surface area (Å²) in [6, 6.07) is 0. The van der Waals surface area contributed by atoms with Crippen LogP contribution >= 0.6 is 0 Å². The number of hydrogen-bond donors (Lipinski definition) is 3. The first kappa shape index (κ1) is 8.97. The standard InChI is InChI=1S/C8H16O3/c1-5-2-6(4-9)3-7(10)8(5)11/h5-11H,2-4H2,1H3/t5-,6+,7+,8-/m1/s1. The quantitative estimate of drug-likeness (QED) is 0.495. The molecule has 4 atom stereocenters. The molecule has 0 aromatic carbocycles. The van der Waals surface area contributed by atoms with Gasteiger partial charge < -0.3 is 15.3 Å². The largest absolute Gasteiger partial charge is 0.396 e. The molecule has 3 N–H and O–H groups in total. The van der Waals surface area contributed by atoms with E-state index in [1.807, 2.05) is 6.92 Å². The van der Waals surface area contributed by atoms with E-state index in [1.54, 1.807) is 0 Å². The summed E-state index contributed by atoms with van der Waals surface area (Å²) >= 11 is 0. The van der Waals surface area contributed by atoms with Crippen LogP contribution in [0, 0.1) is 11.8 Å². The molecular formula is C8H16O3. The van der Waals surface area contributed by atoms with Crippen molar-refractivity contribution in [2.45, 2.75) is 32.0 Å². The van der Waals surface area contributed by atoms with E-state index < -0.39 is 12.2 Å². The van der Waals surface area contributed by atoms with Crippen molar-refractivity contribution >= 4 is 0 Å². The van der Waals surface area contributed by atoms with E-state index in [9.17, 15) is 10.2 Å². The molecule has 3 nitrogen and oxygen atoms in total. The fourth-order valence-electron chi connectivity index (χ4n) is 1.77. The Morgan fingerprint density at radius 3 is 2.36 bits per heavy atom. The average Bonchev–Trinajstić information content (AvgIpc) is 1.99. The summed E-state index contributed by atoms with van der Waals surface area (Å²) in [6.07, 6.45) is 0.102. The van der Waals surface area contributed by atoms with Gasteiger partial charge in [0.2, 0.25) is 0 Å². The lowest BCUT2D eigenvalue weighted by molar-refractivity contribution is -0.0635. The minimum Gasteiger partial charge on any atom is -0.396 e. The third-order valence-corrected chi connectivity index (χ3v) is 2.52. The molecule has 1 saturated carbocycles. The lowest BCUT2D eigenvalue weighted by Crippen LogP contribution is -2.40. The van der Waals surface area contributed by atoms with Crippen molar-refractivity contribution in [3.8, 4) is 0 Å². The van der Waals surface area contributed by atoms with Crippen LogP contribution in [0.2, 0.25) is 0 Å². The molecule has 0 spiro atoms. The van der Waals surface area contributed by atoms with Crippen molar-refractivity contribution < 1.29 is 15.3 Å². The van der Waals surface area contributed by atoms with E-state index in [0.29, 0.717) is 6.42 Å². The molecule has 0 amide bonds. The molecule has 0 saturated heterocycles. The highest BCUT2D eigenvalue weighted by Gasteiger charge is 2.32. The maximum Gasteiger partial charge on any atom is 0.0824 e. The van der Waals surface area contributed by atoms with Crippen LogP contribution in [0.4, 0.5) is 0 Å². The number of hydrogen-bond acceptors (Lipinski definition) is 3. The van der Waals surface area contributed by atoms with Gasteiger partial charge in [-0.05, 0) is 24.7 Å². The molecule has 0 aromatic heterocycles. The Bertz CT molecular complexity index is 115. The summed E-state index contributed by atoms with van der Waals surface area (Å²) in [4.78, 5) is 0. The average molecular weight is 160 g/mol. The van der Waals surface area contributed by atoms with E-state index in [2.05, 4.69) is 0 Å². The van der Waals surface area contributed by atoms with Gasteiger partial charge in [-0.1, -0.05) is 6.92 Å². The highest BCUT2D eigenvalue weighted by Crippen LogP contribution is 2.28. The molecule has 0 heterocycles. The molecule has 1 fully saturated rings. The minimum atomic E-state index is -0.643. The van der Waals surface area contributed by atoms with Crippen LogP contribution in [-0.4, -0.2) is 34.1 Å². The Balaban J connectivity index is 2.47. The van der Waals surface area contributed by atoms with Gasteiger partial charge in [0.05, 0.1) is 12.2 Å². The summed E-state index contributed by atoms with van der Waals surface area (Å²) in [5.41, 5.74) is 0. The van der Waals surface area contributed by atoms with E-state index in [-0.39, 0.29) is 18.4 Å². The van der Waals surface area contributed by atoms with E-state index >= 15 is 0 Å². The Hall–Kier alpha value is -0.120. The SMILES string of the molecule is C[C@@H]1C[C@H](CO)C[C@H](O)[C@@H]1O. The molecule has 11 heavy (non-hydrogen) atoms. The summed E-state index contributed by atoms with van der Waals surface area (Å²) in [6.45, 7) is 2.02. The van der Waals surface area contributed by atoms with Gasteiger partial charge in [-0.15, -0.1) is 0 Å². The Kier molecular flexibility index (Phi) is 2.87. The maximum atomic E-state index is 9.33. The molecule has 0 aromatic rings. The molecule has 1 aliphatic carbocycles. The minimum absolute atomic E-state index is 0.107. The topological polar surface area (TPSA) is 60.7 Å². The van der Waals surface area contributed by atoms with Crippen LogP contribution in [0.1, 0.15) is 19.8 Å². The molecule has 0 aliphatic heterocycles. The summed E-state index contributed by atoms with van der Waals surface area (Å²) in [5.74, 6) is 0.277. The van der Waals surface area contributed by atoms with E-state index in [0.717, 1.165) is 6.42 Å². The molecule has 1 aliphatic rings. The van der Waals surface area contributed by atoms with Gasteiger partial charge >= 0.3 is 0 Å². The lowest BCUT2D eigenvalue weighted by atomic mass is 9.79. The van der Waals surface area contributed by atoms with Gasteiger partial charge in [0.1, 0.15) is 0 Å². The first-order chi connectivity index (χ1) is 5.15. The monoisotopic (exact) mass is 160 g/mol. The molecule has 3 heteroatoms. The lowest BCUT2D eigenvalue weighted by Gasteiger charge is -2.34. The smallest absolute Gasteiger partial charge is 0.0824 e. The van der Waals surface area contributed by atoms with Gasteiger partial charge in [0.25, 0.3) is 0 Å². The molecule has 0 radical (unpaired) electrons. The zero-order chi connectivity index (χ0) is 8.43. The first-order valence-electron chi connectivity index (χ1n) is 4.12. The van der Waals surface area contributed by atoms with Gasteiger partial charge in [-0.25, -0.2) is 0 Å². The van der Waals surface area contributed by atoms with Crippen molar-refractivity contribution in [3.05, 3.63) is 0 Å². The van der Waals surface area contributed by atoms with Crippen molar-refractivity contribution in [1.29, 1.82) is 0 Å². The van der Waals surface area contributed by atoms with E-state index in [4.69, 9.17) is 5.11 Å². The summed E-state index contributed by atoms with van der Waals surface area (Å²) < 4.78 is 0. The predicted molar refractivity (Wildman–Crippen MR) is 41.0 cm³/mol. The Morgan fingerprint density at radius 2 is 1.91 bits per heavy atom. The number of aliphatic hydroxyl groups is 3. The maximum absolute atomic E-state index is 9.33. The van der Waals surface area contributed by atoms with Gasteiger partial charge in [0, 0.05) is 6.61 Å². The molecule has 66 valence electrons. The highest BCUT2D eigenvalue weighted by molar-refractivity contribution is 4.83. The number of aliphatic hydroxyl groups excluding tert-OH is 3. The Morgan fingerprint density at radius 1 is 1.27 bits per heavy atom. The van der Waals surface area contributed by atoms with Crippen molar-refractivity contribution in [2.24, 2.45) is 11.8 Å². The van der Waals surface area contributed by atoms with Crippen molar-refractivity contribution in [2.75, 3.05) is 6.61 Å². The third kappa shape index (κ3) is 1.92.